The van der Waals surface area contributed by atoms with E-state index in [1.54, 1.807) is 0 Å². The number of benzene rings is 3. The Hall–Kier alpha value is -2.76. The third kappa shape index (κ3) is 2.91. The Balaban J connectivity index is 1.47. The van der Waals surface area contributed by atoms with Crippen molar-refractivity contribution in [2.45, 2.75) is 32.0 Å². The van der Waals surface area contributed by atoms with Crippen LogP contribution in [0, 0.1) is 18.8 Å². The molecular formula is C27H23BrN2O2. The number of fused-ring (bicyclic) bond motifs is 4. The van der Waals surface area contributed by atoms with E-state index >= 15 is 0 Å². The minimum absolute atomic E-state index is 0.0236. The van der Waals surface area contributed by atoms with Crippen LogP contribution in [-0.4, -0.2) is 22.8 Å². The van der Waals surface area contributed by atoms with Gasteiger partial charge in [-0.2, -0.15) is 0 Å². The normalized spacial score (nSPS) is 26.8. The number of amides is 2. The van der Waals surface area contributed by atoms with Gasteiger partial charge in [0.1, 0.15) is 0 Å². The van der Waals surface area contributed by atoms with E-state index in [2.05, 4.69) is 57.2 Å². The van der Waals surface area contributed by atoms with Crippen LogP contribution < -0.4 is 4.90 Å². The number of aryl methyl sites for hydroxylation is 1. The van der Waals surface area contributed by atoms with Gasteiger partial charge in [0.05, 0.1) is 17.5 Å². The van der Waals surface area contributed by atoms with Crippen LogP contribution in [0.2, 0.25) is 0 Å². The number of carbonyl (C=O) groups is 2. The van der Waals surface area contributed by atoms with E-state index in [-0.39, 0.29) is 35.7 Å². The second kappa shape index (κ2) is 7.39. The highest BCUT2D eigenvalue weighted by Crippen LogP contribution is 2.53. The minimum atomic E-state index is -0.371. The molecule has 4 nitrogen and oxygen atoms in total. The number of carbonyl (C=O) groups excluding carboxylic acids is 2. The first-order valence-corrected chi connectivity index (χ1v) is 11.8. The van der Waals surface area contributed by atoms with Crippen LogP contribution in [0.1, 0.15) is 28.3 Å². The molecule has 2 amide bonds. The number of halogens is 1. The average molecular weight is 487 g/mol. The lowest BCUT2D eigenvalue weighted by atomic mass is 9.84. The van der Waals surface area contributed by atoms with E-state index in [1.165, 1.54) is 16.0 Å². The van der Waals surface area contributed by atoms with Crippen LogP contribution in [0.25, 0.3) is 0 Å². The monoisotopic (exact) mass is 486 g/mol. The van der Waals surface area contributed by atoms with Crippen molar-refractivity contribution in [1.29, 1.82) is 0 Å². The first-order valence-electron chi connectivity index (χ1n) is 11.1. The molecule has 0 radical (unpaired) electrons. The molecule has 0 N–H and O–H groups in total. The summed E-state index contributed by atoms with van der Waals surface area (Å²) >= 11 is 3.53. The lowest BCUT2D eigenvalue weighted by Crippen LogP contribution is -2.44. The molecule has 3 aliphatic heterocycles. The van der Waals surface area contributed by atoms with Crippen molar-refractivity contribution in [2.75, 3.05) is 4.90 Å². The highest BCUT2D eigenvalue weighted by molar-refractivity contribution is 9.10. The van der Waals surface area contributed by atoms with Gasteiger partial charge in [-0.05, 0) is 54.3 Å². The van der Waals surface area contributed by atoms with Crippen molar-refractivity contribution in [3.8, 4) is 0 Å². The summed E-state index contributed by atoms with van der Waals surface area (Å²) in [5.74, 6) is -0.830. The molecule has 0 aromatic heterocycles. The maximum absolute atomic E-state index is 13.8. The molecule has 0 aliphatic carbocycles. The van der Waals surface area contributed by atoms with Gasteiger partial charge in [-0.25, -0.2) is 4.90 Å². The maximum Gasteiger partial charge on any atom is 0.239 e. The van der Waals surface area contributed by atoms with Crippen molar-refractivity contribution in [3.05, 3.63) is 99.5 Å². The molecule has 5 heteroatoms. The zero-order valence-electron chi connectivity index (χ0n) is 17.7. The Morgan fingerprint density at radius 3 is 2.19 bits per heavy atom. The molecule has 3 aromatic carbocycles. The molecule has 160 valence electrons. The van der Waals surface area contributed by atoms with Crippen LogP contribution in [0.3, 0.4) is 0 Å². The first kappa shape index (κ1) is 19.9. The third-order valence-electron chi connectivity index (χ3n) is 7.34. The fourth-order valence-corrected chi connectivity index (χ4v) is 6.13. The summed E-state index contributed by atoms with van der Waals surface area (Å²) in [4.78, 5) is 31.4. The molecular weight excluding hydrogens is 464 g/mol. The smallest absolute Gasteiger partial charge is 0.239 e. The zero-order chi connectivity index (χ0) is 22.0. The van der Waals surface area contributed by atoms with Crippen LogP contribution >= 0.6 is 15.9 Å². The SMILES string of the molecule is Cc1ccc(N2C(=O)[C@@H]3[C@H](C2=O)[C@H]2Cc4ccccc4CN2[C@@H]3c2ccc(Br)cc2)cc1. The van der Waals surface area contributed by atoms with Crippen molar-refractivity contribution >= 4 is 33.4 Å². The number of hydrogen-bond donors (Lipinski definition) is 0. The molecule has 4 atom stereocenters. The summed E-state index contributed by atoms with van der Waals surface area (Å²) in [5, 5.41) is 0. The standard InChI is InChI=1S/C27H23BrN2O2/c1-16-6-12-21(13-7-16)30-26(31)23-22-14-18-4-2-3-5-19(18)15-29(22)25(24(23)27(30)32)17-8-10-20(28)11-9-17/h2-13,22-25H,14-15H2,1H3/t22-,23-,24-,25-/m1/s1. The van der Waals surface area contributed by atoms with Crippen LogP contribution in [0.15, 0.2) is 77.3 Å². The van der Waals surface area contributed by atoms with E-state index in [9.17, 15) is 9.59 Å². The van der Waals surface area contributed by atoms with Gasteiger partial charge >= 0.3 is 0 Å². The number of rotatable bonds is 2. The van der Waals surface area contributed by atoms with Gasteiger partial charge in [0.2, 0.25) is 11.8 Å². The average Bonchev–Trinajstić information content (AvgIpc) is 3.26. The maximum atomic E-state index is 13.8. The minimum Gasteiger partial charge on any atom is -0.287 e. The molecule has 0 bridgehead atoms. The van der Waals surface area contributed by atoms with Crippen LogP contribution in [0.4, 0.5) is 5.69 Å². The highest BCUT2D eigenvalue weighted by atomic mass is 79.9. The van der Waals surface area contributed by atoms with Gasteiger partial charge in [-0.1, -0.05) is 70.0 Å². The summed E-state index contributed by atoms with van der Waals surface area (Å²) in [6, 6.07) is 24.3. The molecule has 0 spiro atoms. The van der Waals surface area contributed by atoms with Gasteiger partial charge < -0.3 is 0 Å². The third-order valence-corrected chi connectivity index (χ3v) is 7.87. The quantitative estimate of drug-likeness (QED) is 0.476. The van der Waals surface area contributed by atoms with Gasteiger partial charge in [0.15, 0.2) is 0 Å². The van der Waals surface area contributed by atoms with E-state index in [0.29, 0.717) is 5.69 Å². The predicted octanol–water partition coefficient (Wildman–Crippen LogP) is 5.04. The molecule has 2 saturated heterocycles. The predicted molar refractivity (Wildman–Crippen MR) is 127 cm³/mol. The fourth-order valence-electron chi connectivity index (χ4n) is 5.87. The van der Waals surface area contributed by atoms with Crippen molar-refractivity contribution in [1.82, 2.24) is 4.90 Å². The largest absolute Gasteiger partial charge is 0.287 e. The van der Waals surface area contributed by atoms with Crippen molar-refractivity contribution < 1.29 is 9.59 Å². The van der Waals surface area contributed by atoms with Crippen LogP contribution in [0.5, 0.6) is 0 Å². The second-order valence-electron chi connectivity index (χ2n) is 9.11. The first-order chi connectivity index (χ1) is 15.5. The van der Waals surface area contributed by atoms with Gasteiger partial charge in [-0.15, -0.1) is 0 Å². The molecule has 0 saturated carbocycles. The Labute approximate surface area is 196 Å². The number of anilines is 1. The molecule has 32 heavy (non-hydrogen) atoms. The summed E-state index contributed by atoms with van der Waals surface area (Å²) in [6.07, 6.45) is 0.797. The van der Waals surface area contributed by atoms with E-state index in [4.69, 9.17) is 0 Å². The molecule has 2 fully saturated rings. The van der Waals surface area contributed by atoms with E-state index < -0.39 is 0 Å². The zero-order valence-corrected chi connectivity index (χ0v) is 19.3. The summed E-state index contributed by atoms with van der Waals surface area (Å²) < 4.78 is 1.01. The lowest BCUT2D eigenvalue weighted by molar-refractivity contribution is -0.124. The van der Waals surface area contributed by atoms with Gasteiger partial charge in [-0.3, -0.25) is 14.5 Å². The van der Waals surface area contributed by atoms with Gasteiger partial charge in [0, 0.05) is 23.1 Å². The Kier molecular flexibility index (Phi) is 4.60. The summed E-state index contributed by atoms with van der Waals surface area (Å²) in [7, 11) is 0. The van der Waals surface area contributed by atoms with Crippen molar-refractivity contribution in [2.24, 2.45) is 11.8 Å². The Morgan fingerprint density at radius 1 is 0.812 bits per heavy atom. The fraction of sp³-hybridized carbons (Fsp3) is 0.259. The highest BCUT2D eigenvalue weighted by Gasteiger charge is 2.63. The Bertz CT molecular complexity index is 1220. The number of imide groups is 1. The molecule has 3 aromatic rings. The van der Waals surface area contributed by atoms with E-state index in [0.717, 1.165) is 28.6 Å². The molecule has 0 unspecified atom stereocenters. The number of nitrogens with zero attached hydrogens (tertiary/aromatic N) is 2. The molecule has 6 rings (SSSR count). The lowest BCUT2D eigenvalue weighted by Gasteiger charge is -2.38. The van der Waals surface area contributed by atoms with Gasteiger partial charge in [0.25, 0.3) is 0 Å². The summed E-state index contributed by atoms with van der Waals surface area (Å²) in [5.41, 5.74) is 5.46. The molecule has 3 aliphatic rings. The Morgan fingerprint density at radius 2 is 1.47 bits per heavy atom. The van der Waals surface area contributed by atoms with Crippen LogP contribution in [-0.2, 0) is 22.6 Å². The number of hydrogen-bond acceptors (Lipinski definition) is 3. The topological polar surface area (TPSA) is 40.6 Å². The second-order valence-corrected chi connectivity index (χ2v) is 10.0. The molecule has 3 heterocycles. The van der Waals surface area contributed by atoms with E-state index in [1.807, 2.05) is 43.3 Å². The van der Waals surface area contributed by atoms with Crippen molar-refractivity contribution in [3.63, 3.8) is 0 Å². The summed E-state index contributed by atoms with van der Waals surface area (Å²) in [6.45, 7) is 2.77.